The fourth-order valence-electron chi connectivity index (χ4n) is 10.5. The molecule has 0 heterocycles. The number of amides is 10. The highest BCUT2D eigenvalue weighted by molar-refractivity contribution is 6.00. The van der Waals surface area contributed by atoms with Gasteiger partial charge in [-0.1, -0.05) is 142 Å². The predicted molar refractivity (Wildman–Crippen MR) is 370 cm³/mol. The van der Waals surface area contributed by atoms with Gasteiger partial charge in [0.15, 0.2) is 11.9 Å². The quantitative estimate of drug-likeness (QED) is 0.0229. The van der Waals surface area contributed by atoms with Crippen LogP contribution in [0.4, 0.5) is 0 Å². The number of aliphatic carboxylic acids is 2. The number of nitrogens with one attached hydrogen (secondary N) is 9. The number of guanidine groups is 2. The molecule has 98 heavy (non-hydrogen) atoms. The van der Waals surface area contributed by atoms with Gasteiger partial charge < -0.3 is 97.6 Å². The average Bonchev–Trinajstić information content (AvgIpc) is 0.857. The van der Waals surface area contributed by atoms with E-state index < -0.39 is 144 Å². The number of carbonyl (C=O) groups is 12. The Kier molecular flexibility index (Phi) is 44.4. The molecule has 1 aromatic rings. The first-order valence-corrected chi connectivity index (χ1v) is 34.4. The second-order valence-electron chi connectivity index (χ2n) is 25.5. The molecule has 1 aromatic carbocycles. The monoisotopic (exact) mass is 1390 g/mol. The zero-order valence-electron chi connectivity index (χ0n) is 58.2. The standard InChI is InChI=1S/C66H115N17O15/c1-7-8-9-10-11-12-13-14-15-16-17-18-22-32-52(86)82-54(41(4)5)62(95)76-45(30-25-34-73-65(69)70)56(89)78-47(37-43-27-20-19-21-28-43)61(94)83-55(42(6)84)63(96)77-46(31-26-35-74-66(71)72)57(90)79-48(38-51(68)85)59(92)80-49(39-53(87)88)60(93)75-44(29-23-24-33-67)58(91)81-50(64(97)98)36-40(2)3/h19-21,27-28,40-42,44-50,54-55,84H,7-18,22-26,29-39,67H2,1-6H3,(H2,68,85)(H,75,93)(H,76,95)(H,77,96)(H,78,89)(H,79,90)(H,80,92)(H,81,91)(H,82,86)(H,83,94)(H,87,88)(H,97,98)(H4,69,70,73)(H4,71,72,74)/t42-,44+,45+,46+,47+,48+,49+,50+,54+,55+/m1/s1. The summed E-state index contributed by atoms with van der Waals surface area (Å²) in [5.41, 5.74) is 33.8. The molecule has 0 saturated carbocycles. The molecule has 24 N–H and O–H groups in total. The summed E-state index contributed by atoms with van der Waals surface area (Å²) in [6, 6.07) is -6.01. The van der Waals surface area contributed by atoms with Gasteiger partial charge in [-0.2, -0.15) is 0 Å². The second-order valence-corrected chi connectivity index (χ2v) is 25.5. The van der Waals surface area contributed by atoms with Crippen molar-refractivity contribution in [3.63, 3.8) is 0 Å². The molecule has 0 aliphatic heterocycles. The Morgan fingerprint density at radius 2 is 0.837 bits per heavy atom. The average molecular weight is 1390 g/mol. The van der Waals surface area contributed by atoms with Crippen LogP contribution in [0.1, 0.15) is 201 Å². The molecule has 554 valence electrons. The largest absolute Gasteiger partial charge is 0.481 e. The zero-order chi connectivity index (χ0) is 73.7. The lowest BCUT2D eigenvalue weighted by Crippen LogP contribution is -2.62. The molecule has 0 unspecified atom stereocenters. The van der Waals surface area contributed by atoms with Crippen molar-refractivity contribution in [3.8, 4) is 0 Å². The van der Waals surface area contributed by atoms with Crippen LogP contribution in [0.5, 0.6) is 0 Å². The second kappa shape index (κ2) is 49.8. The van der Waals surface area contributed by atoms with Gasteiger partial charge in [0.2, 0.25) is 59.1 Å². The van der Waals surface area contributed by atoms with Crippen LogP contribution in [-0.2, 0) is 64.0 Å². The fraction of sp³-hybridized carbons (Fsp3) is 0.697. The Balaban J connectivity index is 3.58. The molecule has 0 aliphatic carbocycles. The van der Waals surface area contributed by atoms with Crippen LogP contribution in [0.25, 0.3) is 0 Å². The number of hydrogen-bond donors (Lipinski definition) is 18. The van der Waals surface area contributed by atoms with Crippen molar-refractivity contribution in [3.05, 3.63) is 35.9 Å². The summed E-state index contributed by atoms with van der Waals surface area (Å²) in [4.78, 5) is 171. The van der Waals surface area contributed by atoms with Crippen molar-refractivity contribution in [1.82, 2.24) is 47.9 Å². The van der Waals surface area contributed by atoms with E-state index in [0.29, 0.717) is 18.4 Å². The Hall–Kier alpha value is -8.68. The molecular weight excluding hydrogens is 1270 g/mol. The van der Waals surface area contributed by atoms with Crippen LogP contribution >= 0.6 is 0 Å². The van der Waals surface area contributed by atoms with Gasteiger partial charge in [-0.25, -0.2) is 4.79 Å². The fourth-order valence-corrected chi connectivity index (χ4v) is 10.5. The van der Waals surface area contributed by atoms with Crippen molar-refractivity contribution in [2.45, 2.75) is 263 Å². The number of carboxylic acid groups (broad SMARTS) is 2. The van der Waals surface area contributed by atoms with E-state index >= 15 is 0 Å². The van der Waals surface area contributed by atoms with E-state index in [1.165, 1.54) is 51.4 Å². The third-order valence-corrected chi connectivity index (χ3v) is 15.9. The molecule has 0 saturated heterocycles. The molecule has 32 heteroatoms. The van der Waals surface area contributed by atoms with Gasteiger partial charge in [0.1, 0.15) is 54.4 Å². The van der Waals surface area contributed by atoms with Crippen LogP contribution in [0.2, 0.25) is 0 Å². The lowest BCUT2D eigenvalue weighted by Gasteiger charge is -2.29. The summed E-state index contributed by atoms with van der Waals surface area (Å²) >= 11 is 0. The number of carboxylic acids is 2. The van der Waals surface area contributed by atoms with Crippen molar-refractivity contribution in [1.29, 1.82) is 0 Å². The summed E-state index contributed by atoms with van der Waals surface area (Å²) in [7, 11) is 0. The number of benzene rings is 1. The van der Waals surface area contributed by atoms with Crippen LogP contribution in [-0.4, -0.2) is 178 Å². The first kappa shape index (κ1) is 87.3. The highest BCUT2D eigenvalue weighted by Crippen LogP contribution is 2.16. The van der Waals surface area contributed by atoms with Crippen molar-refractivity contribution in [2.24, 2.45) is 56.2 Å². The molecule has 0 spiro atoms. The minimum absolute atomic E-state index is 0.0186. The molecular formula is C66H115N17O15. The SMILES string of the molecule is CCCCCCCCCCCCCCCC(=O)N[C@H](C(=O)N[C@@H](CCCN=C(N)N)C(=O)N[C@@H](Cc1ccccc1)C(=O)N[C@H](C(=O)N[C@@H](CCCN=C(N)N)C(=O)N[C@@H](CC(N)=O)C(=O)N[C@@H](CC(=O)O)C(=O)N[C@@H](CCCCN)C(=O)N[C@@H](CC(C)C)C(=O)O)[C@@H](C)O)C(C)C. The number of aliphatic hydroxyl groups is 1. The van der Waals surface area contributed by atoms with Gasteiger partial charge in [-0.05, 0) is 88.7 Å². The van der Waals surface area contributed by atoms with Crippen LogP contribution < -0.4 is 82.3 Å². The van der Waals surface area contributed by atoms with Gasteiger partial charge in [0.25, 0.3) is 0 Å². The molecule has 0 bridgehead atoms. The Morgan fingerprint density at radius 1 is 0.439 bits per heavy atom. The van der Waals surface area contributed by atoms with E-state index in [-0.39, 0.29) is 101 Å². The number of hydrogen-bond acceptors (Lipinski definition) is 16. The third kappa shape index (κ3) is 38.9. The molecule has 0 radical (unpaired) electrons. The van der Waals surface area contributed by atoms with E-state index in [9.17, 15) is 72.9 Å². The van der Waals surface area contributed by atoms with Gasteiger partial charge in [0.05, 0.1) is 18.9 Å². The van der Waals surface area contributed by atoms with E-state index in [0.717, 1.165) is 32.6 Å². The predicted octanol–water partition coefficient (Wildman–Crippen LogP) is -0.173. The summed E-state index contributed by atoms with van der Waals surface area (Å²) in [5, 5.41) is 53.1. The number of nitrogens with two attached hydrogens (primary N) is 6. The number of unbranched alkanes of at least 4 members (excludes halogenated alkanes) is 13. The number of carbonyl (C=O) groups excluding carboxylic acids is 10. The zero-order valence-corrected chi connectivity index (χ0v) is 58.2. The highest BCUT2D eigenvalue weighted by atomic mass is 16.4. The minimum Gasteiger partial charge on any atom is -0.481 e. The molecule has 0 fully saturated rings. The summed E-state index contributed by atoms with van der Waals surface area (Å²) in [6.45, 7) is 10.4. The van der Waals surface area contributed by atoms with Gasteiger partial charge in [-0.15, -0.1) is 0 Å². The number of primary amides is 1. The first-order chi connectivity index (χ1) is 46.4. The summed E-state index contributed by atoms with van der Waals surface area (Å²) in [5.74, 6) is -14.1. The maximum absolute atomic E-state index is 14.6. The van der Waals surface area contributed by atoms with Crippen LogP contribution in [0, 0.1) is 11.8 Å². The lowest BCUT2D eigenvalue weighted by atomic mass is 10.0. The topological polar surface area (TPSA) is 555 Å². The molecule has 1 rings (SSSR count). The van der Waals surface area contributed by atoms with E-state index in [4.69, 9.17) is 34.4 Å². The first-order valence-electron chi connectivity index (χ1n) is 34.4. The summed E-state index contributed by atoms with van der Waals surface area (Å²) in [6.07, 6.45) is 11.1. The van der Waals surface area contributed by atoms with E-state index in [1.54, 1.807) is 58.0 Å². The lowest BCUT2D eigenvalue weighted by molar-refractivity contribution is -0.143. The normalized spacial score (nSPS) is 14.2. The van der Waals surface area contributed by atoms with Gasteiger partial charge >= 0.3 is 11.9 Å². The van der Waals surface area contributed by atoms with E-state index in [1.807, 2.05) is 0 Å². The van der Waals surface area contributed by atoms with Crippen LogP contribution in [0.3, 0.4) is 0 Å². The molecule has 32 nitrogen and oxygen atoms in total. The Bertz CT molecular complexity index is 2710. The maximum Gasteiger partial charge on any atom is 0.326 e. The Labute approximate surface area is 575 Å². The van der Waals surface area contributed by atoms with Gasteiger partial charge in [0, 0.05) is 25.9 Å². The molecule has 10 amide bonds. The number of rotatable bonds is 54. The number of aliphatic imine (C=N–C) groups is 2. The minimum atomic E-state index is -2.00. The Morgan fingerprint density at radius 3 is 1.26 bits per heavy atom. The van der Waals surface area contributed by atoms with E-state index in [2.05, 4.69) is 64.8 Å². The van der Waals surface area contributed by atoms with Crippen molar-refractivity contribution < 1.29 is 72.9 Å². The number of nitrogens with zero attached hydrogens (tertiary/aromatic N) is 2. The van der Waals surface area contributed by atoms with Crippen molar-refractivity contribution >= 4 is 82.9 Å². The third-order valence-electron chi connectivity index (χ3n) is 15.9. The molecule has 10 atom stereocenters. The smallest absolute Gasteiger partial charge is 0.326 e. The van der Waals surface area contributed by atoms with Gasteiger partial charge in [-0.3, -0.25) is 62.7 Å². The molecule has 0 aliphatic rings. The number of aliphatic hydroxyl groups excluding tert-OH is 1. The highest BCUT2D eigenvalue weighted by Gasteiger charge is 2.38. The van der Waals surface area contributed by atoms with Crippen molar-refractivity contribution in [2.75, 3.05) is 19.6 Å². The molecule has 0 aromatic heterocycles. The van der Waals surface area contributed by atoms with Crippen LogP contribution in [0.15, 0.2) is 40.3 Å². The summed E-state index contributed by atoms with van der Waals surface area (Å²) < 4.78 is 0. The maximum atomic E-state index is 14.6.